The van der Waals surface area contributed by atoms with Crippen LogP contribution < -0.4 is 15.1 Å². The van der Waals surface area contributed by atoms with Gasteiger partial charge in [-0.2, -0.15) is 0 Å². The summed E-state index contributed by atoms with van der Waals surface area (Å²) in [5.74, 6) is 1.57. The molecule has 4 rings (SSSR count). The van der Waals surface area contributed by atoms with Gasteiger partial charge < -0.3 is 14.7 Å². The van der Waals surface area contributed by atoms with Gasteiger partial charge in [-0.3, -0.25) is 19.9 Å². The van der Waals surface area contributed by atoms with Gasteiger partial charge in [0.15, 0.2) is 0 Å². The minimum Gasteiger partial charge on any atom is -0.444 e. The van der Waals surface area contributed by atoms with Crippen LogP contribution in [-0.4, -0.2) is 81.9 Å². The third-order valence-electron chi connectivity index (χ3n) is 6.66. The van der Waals surface area contributed by atoms with Crippen LogP contribution in [0, 0.1) is 6.92 Å². The number of anilines is 4. The number of piperazine rings is 1. The first-order chi connectivity index (χ1) is 20.0. The van der Waals surface area contributed by atoms with Gasteiger partial charge in [0.05, 0.1) is 22.9 Å². The molecule has 2 aromatic heterocycles. The van der Waals surface area contributed by atoms with Gasteiger partial charge in [0.2, 0.25) is 0 Å². The molecule has 2 N–H and O–H groups in total. The van der Waals surface area contributed by atoms with E-state index in [4.69, 9.17) is 26.3 Å². The lowest BCUT2D eigenvalue weighted by Gasteiger charge is -2.35. The van der Waals surface area contributed by atoms with Crippen molar-refractivity contribution in [1.82, 2.24) is 19.9 Å². The van der Waals surface area contributed by atoms with Crippen molar-refractivity contribution in [3.8, 4) is 0 Å². The van der Waals surface area contributed by atoms with Crippen LogP contribution in [0.2, 0.25) is 5.02 Å². The highest BCUT2D eigenvalue weighted by molar-refractivity contribution is 6.34. The fourth-order valence-electron chi connectivity index (χ4n) is 4.60. The zero-order chi connectivity index (χ0) is 30.4. The van der Waals surface area contributed by atoms with Crippen molar-refractivity contribution >= 4 is 46.7 Å². The molecule has 1 saturated heterocycles. The van der Waals surface area contributed by atoms with E-state index < -0.39 is 11.7 Å². The van der Waals surface area contributed by atoms with E-state index in [9.17, 15) is 14.7 Å². The molecule has 0 unspecified atom stereocenters. The molecule has 2 amide bonds. The Morgan fingerprint density at radius 2 is 1.86 bits per heavy atom. The monoisotopic (exact) mass is 595 g/mol. The van der Waals surface area contributed by atoms with Crippen molar-refractivity contribution < 1.29 is 19.4 Å². The van der Waals surface area contributed by atoms with Crippen LogP contribution in [0.5, 0.6) is 0 Å². The average Bonchev–Trinajstić information content (AvgIpc) is 2.94. The molecule has 1 aliphatic rings. The maximum Gasteiger partial charge on any atom is 0.413 e. The number of para-hydroxylation sites is 1. The minimum atomic E-state index is -0.659. The highest BCUT2D eigenvalue weighted by Gasteiger charge is 2.28. The molecule has 42 heavy (non-hydrogen) atoms. The molecule has 3 aromatic rings. The van der Waals surface area contributed by atoms with Crippen molar-refractivity contribution in [2.24, 2.45) is 0 Å². The Bertz CT molecular complexity index is 1380. The summed E-state index contributed by atoms with van der Waals surface area (Å²) >= 11 is 6.70. The lowest BCUT2D eigenvalue weighted by atomic mass is 10.1. The van der Waals surface area contributed by atoms with Crippen LogP contribution in [0.3, 0.4) is 0 Å². The molecule has 0 saturated carbocycles. The van der Waals surface area contributed by atoms with E-state index in [1.807, 2.05) is 32.0 Å². The summed E-state index contributed by atoms with van der Waals surface area (Å²) in [6.07, 6.45) is 1.33. The van der Waals surface area contributed by atoms with Crippen molar-refractivity contribution in [3.05, 3.63) is 64.6 Å². The molecule has 11 nitrogen and oxygen atoms in total. The number of aliphatic hydroxyl groups is 1. The van der Waals surface area contributed by atoms with Crippen LogP contribution in [0.4, 0.5) is 27.9 Å². The Labute approximate surface area is 251 Å². The van der Waals surface area contributed by atoms with Gasteiger partial charge in [-0.1, -0.05) is 30.7 Å². The zero-order valence-electron chi connectivity index (χ0n) is 24.7. The lowest BCUT2D eigenvalue weighted by molar-refractivity contribution is 0.0635. The largest absolute Gasteiger partial charge is 0.444 e. The molecule has 12 heteroatoms. The molecule has 0 aliphatic carbocycles. The summed E-state index contributed by atoms with van der Waals surface area (Å²) in [6, 6.07) is 10.4. The highest BCUT2D eigenvalue weighted by Crippen LogP contribution is 2.36. The summed E-state index contributed by atoms with van der Waals surface area (Å²) in [5, 5.41) is 12.3. The molecule has 0 spiro atoms. The van der Waals surface area contributed by atoms with Crippen molar-refractivity contribution in [2.75, 3.05) is 54.4 Å². The van der Waals surface area contributed by atoms with Crippen LogP contribution in [0.25, 0.3) is 0 Å². The molecule has 1 aromatic carbocycles. The van der Waals surface area contributed by atoms with E-state index in [0.29, 0.717) is 35.3 Å². The normalized spacial score (nSPS) is 14.0. The maximum atomic E-state index is 14.2. The number of carbonyl (C=O) groups is 2. The van der Waals surface area contributed by atoms with Gasteiger partial charge in [0.25, 0.3) is 5.91 Å². The minimum absolute atomic E-state index is 0.124. The lowest BCUT2D eigenvalue weighted by Crippen LogP contribution is -2.47. The van der Waals surface area contributed by atoms with Crippen LogP contribution in [-0.2, 0) is 11.2 Å². The van der Waals surface area contributed by atoms with E-state index in [0.717, 1.165) is 37.6 Å². The molecule has 0 bridgehead atoms. The number of halogens is 1. The first kappa shape index (κ1) is 31.1. The van der Waals surface area contributed by atoms with Crippen molar-refractivity contribution in [2.45, 2.75) is 46.6 Å². The third-order valence-corrected chi connectivity index (χ3v) is 6.96. The summed E-state index contributed by atoms with van der Waals surface area (Å²) < 4.78 is 5.29. The van der Waals surface area contributed by atoms with Crippen molar-refractivity contribution in [1.29, 1.82) is 0 Å². The average molecular weight is 596 g/mol. The molecule has 3 heterocycles. The summed E-state index contributed by atoms with van der Waals surface area (Å²) in [6.45, 7) is 13.0. The Hall–Kier alpha value is -3.80. The Morgan fingerprint density at radius 3 is 2.45 bits per heavy atom. The number of aromatic nitrogens is 3. The standard InChI is InChI=1S/C30H38ClN7O4/c1-6-23-33-25(37-14-12-36(13-15-37)16-17-39)18-26(34-23)38(27-20(2)8-7-9-22(27)31)28(40)21-10-11-24(32-19-21)35-29(41)42-30(3,4)5/h7-11,18-19,39H,6,12-17H2,1-5H3,(H,32,35,41). The molecule has 224 valence electrons. The number of rotatable bonds is 8. The van der Waals surface area contributed by atoms with Gasteiger partial charge in [0, 0.05) is 51.4 Å². The predicted molar refractivity (Wildman–Crippen MR) is 164 cm³/mol. The van der Waals surface area contributed by atoms with Gasteiger partial charge in [-0.15, -0.1) is 0 Å². The number of aliphatic hydroxyl groups excluding tert-OH is 1. The number of pyridine rings is 1. The number of nitrogens with zero attached hydrogens (tertiary/aromatic N) is 6. The number of β-amino-alcohol motifs (C(OH)–C–C–N with tert-alkyl or cyclic N) is 1. The van der Waals surface area contributed by atoms with E-state index in [1.54, 1.807) is 39.0 Å². The number of ether oxygens (including phenoxy) is 1. The first-order valence-corrected chi connectivity index (χ1v) is 14.4. The predicted octanol–water partition coefficient (Wildman–Crippen LogP) is 4.84. The second kappa shape index (κ2) is 13.5. The molecular formula is C30H38ClN7O4. The summed E-state index contributed by atoms with van der Waals surface area (Å²) in [7, 11) is 0. The van der Waals surface area contributed by atoms with E-state index in [-0.39, 0.29) is 23.9 Å². The number of hydrogen-bond acceptors (Lipinski definition) is 9. The van der Waals surface area contributed by atoms with Gasteiger partial charge >= 0.3 is 6.09 Å². The molecule has 0 atom stereocenters. The number of carbonyl (C=O) groups excluding carboxylic acids is 2. The fraction of sp³-hybridized carbons (Fsp3) is 0.433. The van der Waals surface area contributed by atoms with Gasteiger partial charge in [-0.25, -0.2) is 19.7 Å². The quantitative estimate of drug-likeness (QED) is 0.376. The Kier molecular flexibility index (Phi) is 9.97. The molecule has 1 fully saturated rings. The number of amides is 2. The molecular weight excluding hydrogens is 558 g/mol. The first-order valence-electron chi connectivity index (χ1n) is 14.0. The van der Waals surface area contributed by atoms with Crippen molar-refractivity contribution in [3.63, 3.8) is 0 Å². The maximum absolute atomic E-state index is 14.2. The second-order valence-electron chi connectivity index (χ2n) is 11.0. The summed E-state index contributed by atoms with van der Waals surface area (Å²) in [5.41, 5.74) is 0.927. The Morgan fingerprint density at radius 1 is 1.12 bits per heavy atom. The topological polar surface area (TPSA) is 124 Å². The van der Waals surface area contributed by atoms with Crippen LogP contribution in [0.1, 0.15) is 49.4 Å². The highest BCUT2D eigenvalue weighted by atomic mass is 35.5. The smallest absolute Gasteiger partial charge is 0.413 e. The Balaban J connectivity index is 1.70. The zero-order valence-corrected chi connectivity index (χ0v) is 25.5. The van der Waals surface area contributed by atoms with E-state index in [1.165, 1.54) is 11.1 Å². The van der Waals surface area contributed by atoms with Gasteiger partial charge in [0.1, 0.15) is 28.9 Å². The molecule has 1 aliphatic heterocycles. The second-order valence-corrected chi connectivity index (χ2v) is 11.4. The van der Waals surface area contributed by atoms with E-state index in [2.05, 4.69) is 20.1 Å². The summed E-state index contributed by atoms with van der Waals surface area (Å²) in [4.78, 5) is 46.0. The number of aryl methyl sites for hydroxylation is 2. The third kappa shape index (κ3) is 7.72. The van der Waals surface area contributed by atoms with E-state index >= 15 is 0 Å². The molecule has 0 radical (unpaired) electrons. The number of benzene rings is 1. The SMILES string of the molecule is CCc1nc(N2CCN(CCO)CC2)cc(N(C(=O)c2ccc(NC(=O)OC(C)(C)C)nc2)c2c(C)cccc2Cl)n1. The van der Waals surface area contributed by atoms with Crippen LogP contribution >= 0.6 is 11.6 Å². The van der Waals surface area contributed by atoms with Crippen LogP contribution in [0.15, 0.2) is 42.6 Å². The van der Waals surface area contributed by atoms with Gasteiger partial charge in [-0.05, 0) is 51.5 Å². The fourth-order valence-corrected chi connectivity index (χ4v) is 4.91. The number of hydrogen-bond donors (Lipinski definition) is 2. The number of nitrogens with one attached hydrogen (secondary N) is 1.